The molecule has 0 amide bonds. The number of nitrogens with zero attached hydrogens (tertiary/aromatic N) is 2. The molecule has 0 N–H and O–H groups in total. The summed E-state index contributed by atoms with van der Waals surface area (Å²) in [6, 6.07) is 0. The molecule has 0 radical (unpaired) electrons. The van der Waals surface area contributed by atoms with Crippen LogP contribution in [0.1, 0.15) is 0 Å². The maximum atomic E-state index is 11.4. The van der Waals surface area contributed by atoms with Crippen LogP contribution in [0.4, 0.5) is 0 Å². The molecule has 0 saturated heterocycles. The third-order valence-electron chi connectivity index (χ3n) is 1.35. The Labute approximate surface area is 125 Å². The molecular weight excluding hydrogens is 368 g/mol. The van der Waals surface area contributed by atoms with Gasteiger partial charge in [-0.2, -0.15) is 0 Å². The Morgan fingerprint density at radius 2 is 1.89 bits per heavy atom. The Balaban J connectivity index is 0. The summed E-state index contributed by atoms with van der Waals surface area (Å²) < 4.78 is 31.9. The van der Waals surface area contributed by atoms with Gasteiger partial charge in [0.25, 0.3) is 0 Å². The second kappa shape index (κ2) is 8.99. The third-order valence-corrected chi connectivity index (χ3v) is 2.54. The molecule has 0 aliphatic heterocycles. The van der Waals surface area contributed by atoms with Crippen LogP contribution in [-0.2, 0) is 28.4 Å². The molecule has 110 valence electrons. The van der Waals surface area contributed by atoms with Crippen LogP contribution in [0.15, 0.2) is 4.99 Å². The van der Waals surface area contributed by atoms with Gasteiger partial charge in [-0.3, -0.25) is 14.0 Å². The predicted molar refractivity (Wildman–Crippen MR) is 66.4 cm³/mol. The highest BCUT2D eigenvalue weighted by atomic mass is 79.9. The second-order valence-corrected chi connectivity index (χ2v) is 4.81. The summed E-state index contributed by atoms with van der Waals surface area (Å²) in [5.74, 6) is -2.09. The van der Waals surface area contributed by atoms with Gasteiger partial charge in [0.15, 0.2) is 11.5 Å². The normalized spacial score (nSPS) is 11.1. The molecule has 0 unspecified atom stereocenters. The van der Waals surface area contributed by atoms with Gasteiger partial charge < -0.3 is 16.6 Å². The maximum Gasteiger partial charge on any atom is 0.508 e. The lowest BCUT2D eigenvalue weighted by molar-refractivity contribution is -0.466. The van der Waals surface area contributed by atoms with E-state index in [0.29, 0.717) is 0 Å². The van der Waals surface area contributed by atoms with Crippen LogP contribution < -0.4 is 12.4 Å². The lowest BCUT2D eigenvalue weighted by Crippen LogP contribution is -3.00. The van der Waals surface area contributed by atoms with E-state index in [2.05, 4.69) is 29.3 Å². The first-order valence-electron chi connectivity index (χ1n) is 4.46. The van der Waals surface area contributed by atoms with E-state index in [0.717, 1.165) is 13.4 Å². The molecule has 0 heterocycles. The molecule has 0 rings (SSSR count). The lowest BCUT2D eigenvalue weighted by Gasteiger charge is -2.03. The van der Waals surface area contributed by atoms with Crippen molar-refractivity contribution >= 4 is 50.2 Å². The van der Waals surface area contributed by atoms with Crippen LogP contribution in [0.25, 0.3) is 0 Å². The van der Waals surface area contributed by atoms with Gasteiger partial charge in [-0.25, -0.2) is 9.37 Å². The number of halogens is 2. The van der Waals surface area contributed by atoms with Crippen molar-refractivity contribution in [2.75, 3.05) is 26.5 Å². The Morgan fingerprint density at radius 1 is 1.37 bits per heavy atom. The molecule has 0 atom stereocenters. The number of alkyl halides is 1. The van der Waals surface area contributed by atoms with Crippen LogP contribution in [0.5, 0.6) is 0 Å². The van der Waals surface area contributed by atoms with Crippen molar-refractivity contribution in [1.82, 2.24) is 0 Å². The van der Waals surface area contributed by atoms with Crippen molar-refractivity contribution in [1.29, 1.82) is 0 Å². The minimum absolute atomic E-state index is 0. The fourth-order valence-corrected chi connectivity index (χ4v) is 1.53. The van der Waals surface area contributed by atoms with E-state index in [4.69, 9.17) is 0 Å². The molecule has 0 aromatic carbocycles. The minimum atomic E-state index is -4.57. The first kappa shape index (κ1) is 20.3. The SMILES string of the molecule is CN=C(C(=O)CBr)C(=O)OS(=O)(=O)OC=[N+](C)C.[Cl-]. The summed E-state index contributed by atoms with van der Waals surface area (Å²) in [5.41, 5.74) is -0.621. The molecule has 0 aromatic rings. The van der Waals surface area contributed by atoms with E-state index in [1.165, 1.54) is 18.7 Å². The van der Waals surface area contributed by atoms with Gasteiger partial charge in [0.05, 0.1) is 5.33 Å². The number of ketones is 1. The summed E-state index contributed by atoms with van der Waals surface area (Å²) in [7, 11) is -0.395. The zero-order valence-electron chi connectivity index (χ0n) is 10.3. The second-order valence-electron chi connectivity index (χ2n) is 3.07. The number of aliphatic imine (C=N–C) groups is 1. The molecule has 8 nitrogen and oxygen atoms in total. The van der Waals surface area contributed by atoms with Gasteiger partial charge in [-0.15, -0.1) is 8.42 Å². The quantitative estimate of drug-likeness (QED) is 0.154. The standard InChI is InChI=1S/C8H12BrN2O6S.ClH/c1-10-7(6(12)4-9)8(13)17-18(14,15)16-5-11(2)3;/h5H,4H2,1-3H3;1H/q+1;/p-1. The van der Waals surface area contributed by atoms with E-state index in [1.54, 1.807) is 0 Å². The summed E-state index contributed by atoms with van der Waals surface area (Å²) in [4.78, 5) is 25.9. The molecule has 11 heteroatoms. The van der Waals surface area contributed by atoms with Crippen molar-refractivity contribution in [3.63, 3.8) is 0 Å². The van der Waals surface area contributed by atoms with E-state index < -0.39 is 27.9 Å². The van der Waals surface area contributed by atoms with Crippen molar-refractivity contribution in [3.05, 3.63) is 0 Å². The third kappa shape index (κ3) is 7.90. The van der Waals surface area contributed by atoms with Gasteiger partial charge in [-0.05, 0) is 0 Å². The Kier molecular flexibility index (Phi) is 9.62. The number of Topliss-reactive ketones (excluding diaryl/α,β-unsaturated/α-hetero) is 1. The molecule has 19 heavy (non-hydrogen) atoms. The molecular formula is C8H12BrClN2O6S. The fourth-order valence-electron chi connectivity index (χ4n) is 0.684. The molecule has 0 aliphatic rings. The molecule has 0 saturated carbocycles. The van der Waals surface area contributed by atoms with Crippen LogP contribution in [-0.4, -0.2) is 63.3 Å². The summed E-state index contributed by atoms with van der Waals surface area (Å²) in [6.07, 6.45) is 0.817. The van der Waals surface area contributed by atoms with Crippen LogP contribution in [0, 0.1) is 0 Å². The monoisotopic (exact) mass is 378 g/mol. The summed E-state index contributed by atoms with van der Waals surface area (Å²) >= 11 is 2.82. The Bertz CT molecular complexity index is 497. The first-order chi connectivity index (χ1) is 8.23. The smallest absolute Gasteiger partial charge is 0.508 e. The van der Waals surface area contributed by atoms with Gasteiger partial charge in [0, 0.05) is 7.05 Å². The molecule has 0 fully saturated rings. The van der Waals surface area contributed by atoms with E-state index in [9.17, 15) is 18.0 Å². The molecule has 0 aliphatic carbocycles. The first-order valence-corrected chi connectivity index (χ1v) is 6.91. The predicted octanol–water partition coefficient (Wildman–Crippen LogP) is -3.87. The van der Waals surface area contributed by atoms with E-state index in [1.807, 2.05) is 0 Å². The van der Waals surface area contributed by atoms with Crippen molar-refractivity contribution in [3.8, 4) is 0 Å². The van der Waals surface area contributed by atoms with Crippen molar-refractivity contribution in [2.24, 2.45) is 4.99 Å². The lowest BCUT2D eigenvalue weighted by atomic mass is 10.3. The number of rotatable bonds is 6. The van der Waals surface area contributed by atoms with Gasteiger partial charge in [0.1, 0.15) is 14.1 Å². The van der Waals surface area contributed by atoms with Crippen LogP contribution in [0.2, 0.25) is 0 Å². The van der Waals surface area contributed by atoms with Crippen LogP contribution in [0.3, 0.4) is 0 Å². The number of hydrogen-bond donors (Lipinski definition) is 0. The zero-order valence-corrected chi connectivity index (χ0v) is 13.5. The maximum absolute atomic E-state index is 11.4. The fraction of sp³-hybridized carbons (Fsp3) is 0.500. The van der Waals surface area contributed by atoms with Crippen molar-refractivity contribution in [2.45, 2.75) is 0 Å². The average molecular weight is 380 g/mol. The summed E-state index contributed by atoms with van der Waals surface area (Å²) in [6.45, 7) is 0. The van der Waals surface area contributed by atoms with Crippen molar-refractivity contribution < 1.29 is 43.4 Å². The Hall–Kier alpha value is -1.000. The molecule has 0 spiro atoms. The van der Waals surface area contributed by atoms with Crippen LogP contribution >= 0.6 is 15.9 Å². The highest BCUT2D eigenvalue weighted by Crippen LogP contribution is 1.99. The minimum Gasteiger partial charge on any atom is -1.00 e. The number of carbonyl (C=O) groups is 2. The average Bonchev–Trinajstić information content (AvgIpc) is 2.26. The Morgan fingerprint density at radius 3 is 2.26 bits per heavy atom. The van der Waals surface area contributed by atoms with Gasteiger partial charge in [0.2, 0.25) is 0 Å². The van der Waals surface area contributed by atoms with E-state index >= 15 is 0 Å². The zero-order chi connectivity index (χ0) is 14.3. The largest absolute Gasteiger partial charge is 1.00 e. The topological polar surface area (TPSA) is 102 Å². The number of hydrogen-bond acceptors (Lipinski definition) is 7. The molecule has 0 aromatic heterocycles. The van der Waals surface area contributed by atoms with Gasteiger partial charge >= 0.3 is 22.8 Å². The molecule has 0 bridgehead atoms. The number of carbonyl (C=O) groups excluding carboxylic acids is 2. The van der Waals surface area contributed by atoms with Gasteiger partial charge in [-0.1, -0.05) is 15.9 Å². The highest BCUT2D eigenvalue weighted by molar-refractivity contribution is 9.09. The highest BCUT2D eigenvalue weighted by Gasteiger charge is 2.27. The van der Waals surface area contributed by atoms with E-state index in [-0.39, 0.29) is 17.7 Å². The summed E-state index contributed by atoms with van der Waals surface area (Å²) in [5, 5.41) is -0.181.